The topological polar surface area (TPSA) is 75.7 Å². The van der Waals surface area contributed by atoms with Crippen molar-refractivity contribution in [2.45, 2.75) is 24.7 Å². The molecule has 6 nitrogen and oxygen atoms in total. The van der Waals surface area contributed by atoms with Crippen LogP contribution >= 0.6 is 0 Å². The highest BCUT2D eigenvalue weighted by atomic mass is 32.2. The molecule has 0 atom stereocenters. The Morgan fingerprint density at radius 3 is 2.38 bits per heavy atom. The molecule has 2 aromatic rings. The molecule has 2 aromatic carbocycles. The highest BCUT2D eigenvalue weighted by Crippen LogP contribution is 2.25. The van der Waals surface area contributed by atoms with Crippen LogP contribution in [0.15, 0.2) is 53.4 Å². The van der Waals surface area contributed by atoms with Gasteiger partial charge in [0.15, 0.2) is 0 Å². The third-order valence-electron chi connectivity index (χ3n) is 4.25. The van der Waals surface area contributed by atoms with Crippen LogP contribution in [0, 0.1) is 0 Å². The molecule has 0 unspecified atom stereocenters. The fourth-order valence-electron chi connectivity index (χ4n) is 2.90. The van der Waals surface area contributed by atoms with E-state index in [1.54, 1.807) is 12.1 Å². The molecule has 1 aliphatic rings. The van der Waals surface area contributed by atoms with Crippen molar-refractivity contribution < 1.29 is 17.9 Å². The quantitative estimate of drug-likeness (QED) is 0.843. The highest BCUT2D eigenvalue weighted by molar-refractivity contribution is 7.89. The van der Waals surface area contributed by atoms with Gasteiger partial charge in [0.2, 0.25) is 10.0 Å². The fourth-order valence-corrected chi connectivity index (χ4v) is 4.42. The van der Waals surface area contributed by atoms with E-state index in [1.165, 1.54) is 28.6 Å². The molecular formula is C19H22N2O4S. The van der Waals surface area contributed by atoms with Gasteiger partial charge in [-0.05, 0) is 56.2 Å². The Kier molecular flexibility index (Phi) is 5.58. The number of nitrogens with zero attached hydrogens (tertiary/aromatic N) is 1. The van der Waals surface area contributed by atoms with E-state index in [2.05, 4.69) is 5.32 Å². The van der Waals surface area contributed by atoms with Crippen LogP contribution < -0.4 is 10.1 Å². The first-order valence-electron chi connectivity index (χ1n) is 8.66. The summed E-state index contributed by atoms with van der Waals surface area (Å²) in [7, 11) is -3.47. The second kappa shape index (κ2) is 7.88. The molecule has 3 rings (SSSR count). The van der Waals surface area contributed by atoms with Gasteiger partial charge in [0.25, 0.3) is 5.91 Å². The molecular weight excluding hydrogens is 352 g/mol. The third-order valence-corrected chi connectivity index (χ3v) is 6.17. The van der Waals surface area contributed by atoms with Crippen molar-refractivity contribution in [3.8, 4) is 5.75 Å². The van der Waals surface area contributed by atoms with Crippen LogP contribution in [-0.2, 0) is 10.0 Å². The third kappa shape index (κ3) is 3.89. The van der Waals surface area contributed by atoms with E-state index in [4.69, 9.17) is 4.74 Å². The molecule has 1 aliphatic heterocycles. The minimum atomic E-state index is -3.47. The molecule has 1 N–H and O–H groups in total. The van der Waals surface area contributed by atoms with E-state index < -0.39 is 10.0 Å². The molecule has 1 saturated heterocycles. The van der Waals surface area contributed by atoms with Gasteiger partial charge in [0.05, 0.1) is 17.2 Å². The zero-order valence-electron chi connectivity index (χ0n) is 14.6. The van der Waals surface area contributed by atoms with E-state index in [1.807, 2.05) is 19.1 Å². The summed E-state index contributed by atoms with van der Waals surface area (Å²) < 4.78 is 32.0. The smallest absolute Gasteiger partial charge is 0.255 e. The molecule has 0 aliphatic carbocycles. The van der Waals surface area contributed by atoms with E-state index >= 15 is 0 Å². The lowest BCUT2D eigenvalue weighted by Crippen LogP contribution is -2.27. The summed E-state index contributed by atoms with van der Waals surface area (Å²) in [6.07, 6.45) is 1.78. The number of carbonyl (C=O) groups excluding carboxylic acids is 1. The van der Waals surface area contributed by atoms with Crippen LogP contribution in [0.2, 0.25) is 0 Å². The van der Waals surface area contributed by atoms with E-state index in [9.17, 15) is 13.2 Å². The molecule has 0 spiro atoms. The Hall–Kier alpha value is -2.38. The predicted molar refractivity (Wildman–Crippen MR) is 100.0 cm³/mol. The Bertz CT molecular complexity index is 873. The van der Waals surface area contributed by atoms with Crippen LogP contribution in [-0.4, -0.2) is 38.3 Å². The number of ether oxygens (including phenoxy) is 1. The maximum Gasteiger partial charge on any atom is 0.255 e. The zero-order chi connectivity index (χ0) is 18.6. The molecule has 1 heterocycles. The molecule has 0 bridgehead atoms. The summed E-state index contributed by atoms with van der Waals surface area (Å²) in [6.45, 7) is 3.48. The second-order valence-electron chi connectivity index (χ2n) is 6.02. The maximum atomic E-state index is 12.5. The van der Waals surface area contributed by atoms with E-state index in [-0.39, 0.29) is 10.8 Å². The lowest BCUT2D eigenvalue weighted by molar-refractivity contribution is 0.102. The monoisotopic (exact) mass is 374 g/mol. The van der Waals surface area contributed by atoms with Crippen LogP contribution in [0.5, 0.6) is 5.75 Å². The first-order valence-corrected chi connectivity index (χ1v) is 10.1. The van der Waals surface area contributed by atoms with Crippen molar-refractivity contribution in [1.82, 2.24) is 4.31 Å². The van der Waals surface area contributed by atoms with Gasteiger partial charge in [-0.1, -0.05) is 12.1 Å². The summed E-state index contributed by atoms with van der Waals surface area (Å²) in [5, 5.41) is 2.80. The highest BCUT2D eigenvalue weighted by Gasteiger charge is 2.27. The lowest BCUT2D eigenvalue weighted by atomic mass is 10.2. The normalized spacial score (nSPS) is 15.0. The number of hydrogen-bond donors (Lipinski definition) is 1. The van der Waals surface area contributed by atoms with Crippen LogP contribution in [0.25, 0.3) is 0 Å². The number of anilines is 1. The number of benzene rings is 2. The van der Waals surface area contributed by atoms with Gasteiger partial charge in [-0.15, -0.1) is 0 Å². The molecule has 0 saturated carbocycles. The molecule has 0 aromatic heterocycles. The molecule has 138 valence electrons. The fraction of sp³-hybridized carbons (Fsp3) is 0.316. The number of para-hydroxylation sites is 2. The number of sulfonamides is 1. The molecule has 1 amide bonds. The van der Waals surface area contributed by atoms with Gasteiger partial charge in [-0.3, -0.25) is 4.79 Å². The van der Waals surface area contributed by atoms with Crippen molar-refractivity contribution >= 4 is 21.6 Å². The van der Waals surface area contributed by atoms with Gasteiger partial charge < -0.3 is 10.1 Å². The van der Waals surface area contributed by atoms with E-state index in [0.29, 0.717) is 36.7 Å². The predicted octanol–water partition coefficient (Wildman–Crippen LogP) is 3.12. The van der Waals surface area contributed by atoms with Crippen molar-refractivity contribution in [3.05, 3.63) is 54.1 Å². The molecule has 0 radical (unpaired) electrons. The van der Waals surface area contributed by atoms with Gasteiger partial charge in [0, 0.05) is 18.7 Å². The number of amides is 1. The summed E-state index contributed by atoms with van der Waals surface area (Å²) >= 11 is 0. The van der Waals surface area contributed by atoms with Gasteiger partial charge in [-0.25, -0.2) is 8.42 Å². The van der Waals surface area contributed by atoms with Crippen molar-refractivity contribution in [2.24, 2.45) is 0 Å². The van der Waals surface area contributed by atoms with Crippen LogP contribution in [0.1, 0.15) is 30.1 Å². The summed E-state index contributed by atoms with van der Waals surface area (Å²) in [6, 6.07) is 13.2. The Labute approximate surface area is 153 Å². The largest absolute Gasteiger partial charge is 0.492 e. The van der Waals surface area contributed by atoms with Gasteiger partial charge in [-0.2, -0.15) is 4.31 Å². The second-order valence-corrected chi connectivity index (χ2v) is 7.96. The van der Waals surface area contributed by atoms with Crippen LogP contribution in [0.3, 0.4) is 0 Å². The summed E-state index contributed by atoms with van der Waals surface area (Å²) in [5.74, 6) is 0.277. The van der Waals surface area contributed by atoms with Crippen molar-refractivity contribution in [2.75, 3.05) is 25.0 Å². The summed E-state index contributed by atoms with van der Waals surface area (Å²) in [5.41, 5.74) is 0.963. The number of hydrogen-bond acceptors (Lipinski definition) is 4. The van der Waals surface area contributed by atoms with Crippen LogP contribution in [0.4, 0.5) is 5.69 Å². The minimum Gasteiger partial charge on any atom is -0.492 e. The number of nitrogens with one attached hydrogen (secondary N) is 1. The molecule has 7 heteroatoms. The number of carbonyl (C=O) groups is 1. The molecule has 26 heavy (non-hydrogen) atoms. The number of rotatable bonds is 6. The zero-order valence-corrected chi connectivity index (χ0v) is 15.5. The average Bonchev–Trinajstić information content (AvgIpc) is 3.19. The first-order chi connectivity index (χ1) is 12.5. The van der Waals surface area contributed by atoms with Crippen molar-refractivity contribution in [3.63, 3.8) is 0 Å². The average molecular weight is 374 g/mol. The molecule has 1 fully saturated rings. The standard InChI is InChI=1S/C19H22N2O4S/c1-2-25-18-8-4-3-7-17(18)20-19(22)15-9-11-16(12-10-15)26(23,24)21-13-5-6-14-21/h3-4,7-12H,2,5-6,13-14H2,1H3,(H,20,22). The first kappa shape index (κ1) is 18.4. The van der Waals surface area contributed by atoms with Crippen molar-refractivity contribution in [1.29, 1.82) is 0 Å². The SMILES string of the molecule is CCOc1ccccc1NC(=O)c1ccc(S(=O)(=O)N2CCCC2)cc1. The summed E-state index contributed by atoms with van der Waals surface area (Å²) in [4.78, 5) is 12.7. The Balaban J connectivity index is 1.75. The Morgan fingerprint density at radius 2 is 1.73 bits per heavy atom. The lowest BCUT2D eigenvalue weighted by Gasteiger charge is -2.15. The maximum absolute atomic E-state index is 12.5. The Morgan fingerprint density at radius 1 is 1.08 bits per heavy atom. The van der Waals surface area contributed by atoms with Gasteiger partial charge >= 0.3 is 0 Å². The van der Waals surface area contributed by atoms with Gasteiger partial charge in [0.1, 0.15) is 5.75 Å². The minimum absolute atomic E-state index is 0.214. The van der Waals surface area contributed by atoms with E-state index in [0.717, 1.165) is 12.8 Å².